The Morgan fingerprint density at radius 2 is 1.78 bits per heavy atom. The van der Waals surface area contributed by atoms with Crippen molar-refractivity contribution in [3.8, 4) is 11.5 Å². The van der Waals surface area contributed by atoms with Gasteiger partial charge in [0.1, 0.15) is 11.4 Å². The molecule has 1 heterocycles. The molecule has 32 heavy (non-hydrogen) atoms. The first-order valence-corrected chi connectivity index (χ1v) is 10.0. The van der Waals surface area contributed by atoms with Gasteiger partial charge in [-0.2, -0.15) is 0 Å². The van der Waals surface area contributed by atoms with E-state index in [9.17, 15) is 19.2 Å². The molecule has 0 atom stereocenters. The maximum absolute atomic E-state index is 12.4. The fourth-order valence-corrected chi connectivity index (χ4v) is 2.77. The van der Waals surface area contributed by atoms with E-state index in [0.29, 0.717) is 30.3 Å². The Morgan fingerprint density at radius 3 is 2.44 bits per heavy atom. The highest BCUT2D eigenvalue weighted by Gasteiger charge is 2.21. The quantitative estimate of drug-likeness (QED) is 0.329. The third-order valence-electron chi connectivity index (χ3n) is 4.48. The van der Waals surface area contributed by atoms with Gasteiger partial charge in [0.15, 0.2) is 18.1 Å². The first-order valence-electron chi connectivity index (χ1n) is 10.0. The van der Waals surface area contributed by atoms with E-state index >= 15 is 0 Å². The van der Waals surface area contributed by atoms with Gasteiger partial charge in [-0.05, 0) is 37.1 Å². The minimum atomic E-state index is -0.851. The van der Waals surface area contributed by atoms with Crippen molar-refractivity contribution in [3.05, 3.63) is 56.2 Å². The predicted molar refractivity (Wildman–Crippen MR) is 119 cm³/mol. The maximum atomic E-state index is 12.4. The topological polar surface area (TPSA) is 132 Å². The number of anilines is 1. The fourth-order valence-electron chi connectivity index (χ4n) is 2.77. The van der Waals surface area contributed by atoms with Crippen LogP contribution >= 0.6 is 0 Å². The van der Waals surface area contributed by atoms with Gasteiger partial charge in [0.25, 0.3) is 5.56 Å². The molecular formula is C22H27N3O7. The Labute approximate surface area is 184 Å². The molecule has 0 amide bonds. The lowest BCUT2D eigenvalue weighted by Gasteiger charge is -2.12. The number of nitrogens with zero attached hydrogens (tertiary/aromatic N) is 2. The molecule has 1 aromatic carbocycles. The van der Waals surface area contributed by atoms with Gasteiger partial charge in [-0.25, -0.2) is 9.59 Å². The molecule has 0 aliphatic carbocycles. The minimum absolute atomic E-state index is 0.288. The molecule has 0 fully saturated rings. The summed E-state index contributed by atoms with van der Waals surface area (Å²) in [6.07, 6.45) is 3.50. The van der Waals surface area contributed by atoms with Crippen molar-refractivity contribution in [2.45, 2.75) is 20.3 Å². The fraction of sp³-hybridized carbons (Fsp3) is 0.364. The van der Waals surface area contributed by atoms with Crippen LogP contribution in [0.4, 0.5) is 5.82 Å². The van der Waals surface area contributed by atoms with Crippen LogP contribution in [0.15, 0.2) is 33.9 Å². The zero-order valence-corrected chi connectivity index (χ0v) is 18.5. The number of carbonyl (C=O) groups is 2. The lowest BCUT2D eigenvalue weighted by molar-refractivity contribution is -0.136. The van der Waals surface area contributed by atoms with Crippen molar-refractivity contribution in [3.63, 3.8) is 0 Å². The van der Waals surface area contributed by atoms with Crippen molar-refractivity contribution in [1.29, 1.82) is 0 Å². The summed E-state index contributed by atoms with van der Waals surface area (Å²) in [5, 5.41) is 0. The Bertz CT molecular complexity index is 1150. The summed E-state index contributed by atoms with van der Waals surface area (Å²) in [5.41, 5.74) is 4.47. The number of esters is 1. The van der Waals surface area contributed by atoms with Crippen molar-refractivity contribution in [1.82, 2.24) is 9.13 Å². The standard InChI is InChI=1S/C22H27N3O7/c1-5-11-31-16-9-7-14(12-17(16)30-6-2)8-10-18(27)32-13-15(26)19-20(23)24(3)22(29)25(4)21(19)28/h7-10,12H,5-6,11,13,23H2,1-4H3/b10-8+. The number of rotatable bonds is 10. The number of Topliss-reactive ketones (excluding diaryl/α,β-unsaturated/α-hetero) is 1. The molecule has 2 N–H and O–H groups in total. The summed E-state index contributed by atoms with van der Waals surface area (Å²) in [5.74, 6) is -0.731. The van der Waals surface area contributed by atoms with Crippen LogP contribution in [0.2, 0.25) is 0 Å². The average Bonchev–Trinajstić information content (AvgIpc) is 2.78. The number of ether oxygens (including phenoxy) is 3. The summed E-state index contributed by atoms with van der Waals surface area (Å²) in [4.78, 5) is 48.5. The van der Waals surface area contributed by atoms with Crippen LogP contribution in [-0.2, 0) is 23.6 Å². The second kappa shape index (κ2) is 11.0. The third-order valence-corrected chi connectivity index (χ3v) is 4.48. The monoisotopic (exact) mass is 445 g/mol. The molecule has 2 rings (SSSR count). The number of carbonyl (C=O) groups excluding carboxylic acids is 2. The smallest absolute Gasteiger partial charge is 0.332 e. The van der Waals surface area contributed by atoms with E-state index < -0.39 is 35.2 Å². The van der Waals surface area contributed by atoms with Crippen LogP contribution in [0.3, 0.4) is 0 Å². The molecule has 172 valence electrons. The molecule has 0 radical (unpaired) electrons. The summed E-state index contributed by atoms with van der Waals surface area (Å²) < 4.78 is 17.9. The zero-order valence-electron chi connectivity index (χ0n) is 18.5. The van der Waals surface area contributed by atoms with Crippen LogP contribution in [-0.4, -0.2) is 40.7 Å². The van der Waals surface area contributed by atoms with Crippen LogP contribution < -0.4 is 26.5 Å². The van der Waals surface area contributed by atoms with E-state index in [1.54, 1.807) is 18.2 Å². The highest BCUT2D eigenvalue weighted by molar-refractivity contribution is 6.01. The molecule has 1 aromatic heterocycles. The van der Waals surface area contributed by atoms with Crippen molar-refractivity contribution in [2.75, 3.05) is 25.6 Å². The van der Waals surface area contributed by atoms with Gasteiger partial charge in [-0.15, -0.1) is 0 Å². The van der Waals surface area contributed by atoms with Crippen LogP contribution in [0.5, 0.6) is 11.5 Å². The van der Waals surface area contributed by atoms with Crippen LogP contribution in [0, 0.1) is 0 Å². The number of hydrogen-bond donors (Lipinski definition) is 1. The molecule has 0 saturated carbocycles. The second-order valence-corrected chi connectivity index (χ2v) is 6.82. The number of aromatic nitrogens is 2. The average molecular weight is 445 g/mol. The van der Waals surface area contributed by atoms with Gasteiger partial charge in [0, 0.05) is 20.2 Å². The van der Waals surface area contributed by atoms with Gasteiger partial charge in [0.2, 0.25) is 5.78 Å². The zero-order chi connectivity index (χ0) is 23.8. The Morgan fingerprint density at radius 1 is 1.06 bits per heavy atom. The number of hydrogen-bond acceptors (Lipinski definition) is 8. The van der Waals surface area contributed by atoms with E-state index in [0.717, 1.165) is 21.6 Å². The molecule has 0 aliphatic heterocycles. The van der Waals surface area contributed by atoms with E-state index in [2.05, 4.69) is 0 Å². The lowest BCUT2D eigenvalue weighted by atomic mass is 10.2. The Balaban J connectivity index is 2.09. The molecule has 2 aromatic rings. The second-order valence-electron chi connectivity index (χ2n) is 6.82. The van der Waals surface area contributed by atoms with Gasteiger partial charge in [0.05, 0.1) is 13.2 Å². The predicted octanol–water partition coefficient (Wildman–Crippen LogP) is 1.29. The first-order chi connectivity index (χ1) is 15.2. The Hall–Kier alpha value is -3.82. The van der Waals surface area contributed by atoms with E-state index in [-0.39, 0.29) is 5.82 Å². The molecular weight excluding hydrogens is 418 g/mol. The largest absolute Gasteiger partial charge is 0.490 e. The molecule has 0 aliphatic rings. The SMILES string of the molecule is CCCOc1ccc(/C=C/C(=O)OCC(=O)c2c(N)n(C)c(=O)n(C)c2=O)cc1OCC. The Kier molecular flexibility index (Phi) is 8.39. The summed E-state index contributed by atoms with van der Waals surface area (Å²) in [7, 11) is 2.56. The van der Waals surface area contributed by atoms with Gasteiger partial charge in [-0.1, -0.05) is 13.0 Å². The maximum Gasteiger partial charge on any atom is 0.332 e. The van der Waals surface area contributed by atoms with Gasteiger partial charge < -0.3 is 19.9 Å². The number of nitrogens with two attached hydrogens (primary N) is 1. The van der Waals surface area contributed by atoms with E-state index in [1.165, 1.54) is 20.2 Å². The van der Waals surface area contributed by atoms with Crippen LogP contribution in [0.1, 0.15) is 36.2 Å². The normalized spacial score (nSPS) is 10.9. The van der Waals surface area contributed by atoms with Crippen molar-refractivity contribution >= 4 is 23.6 Å². The molecule has 0 unspecified atom stereocenters. The highest BCUT2D eigenvalue weighted by atomic mass is 16.5. The number of ketones is 1. The molecule has 10 nitrogen and oxygen atoms in total. The first kappa shape index (κ1) is 24.4. The molecule has 10 heteroatoms. The number of nitrogen functional groups attached to an aromatic ring is 1. The molecule has 0 saturated heterocycles. The van der Waals surface area contributed by atoms with Gasteiger partial charge >= 0.3 is 11.7 Å². The van der Waals surface area contributed by atoms with E-state index in [4.69, 9.17) is 19.9 Å². The summed E-state index contributed by atoms with van der Waals surface area (Å²) in [6, 6.07) is 5.21. The van der Waals surface area contributed by atoms with E-state index in [1.807, 2.05) is 13.8 Å². The van der Waals surface area contributed by atoms with Crippen molar-refractivity contribution in [2.24, 2.45) is 14.1 Å². The highest BCUT2D eigenvalue weighted by Crippen LogP contribution is 2.29. The van der Waals surface area contributed by atoms with Crippen molar-refractivity contribution < 1.29 is 23.8 Å². The lowest BCUT2D eigenvalue weighted by Crippen LogP contribution is -2.42. The van der Waals surface area contributed by atoms with Crippen LogP contribution in [0.25, 0.3) is 6.08 Å². The van der Waals surface area contributed by atoms with Gasteiger partial charge in [-0.3, -0.25) is 18.7 Å². The number of benzene rings is 1. The molecule has 0 spiro atoms. The minimum Gasteiger partial charge on any atom is -0.490 e. The summed E-state index contributed by atoms with van der Waals surface area (Å²) >= 11 is 0. The summed E-state index contributed by atoms with van der Waals surface area (Å²) in [6.45, 7) is 4.16. The molecule has 0 bridgehead atoms. The third kappa shape index (κ3) is 5.65.